The van der Waals surface area contributed by atoms with Crippen molar-refractivity contribution in [3.63, 3.8) is 0 Å². The normalized spacial score (nSPS) is 15.7. The molecule has 0 radical (unpaired) electrons. The number of aromatic nitrogens is 4. The van der Waals surface area contributed by atoms with Crippen LogP contribution in [0.5, 0.6) is 0 Å². The summed E-state index contributed by atoms with van der Waals surface area (Å²) in [5.74, 6) is -1.34. The standard InChI is InChI=1S/C23H16ClFN4O3/c1-2-32-23(31)13-9-29(10-6-7-10)20-12(21(13)30)8-15(25)18-19(20)28-22-17(26-18)11-4-3-5-14(24)16(11)27-22/h3,5,8-10H,2,4,6-7H2,1H3/p+1. The summed E-state index contributed by atoms with van der Waals surface area (Å²) in [6, 6.07) is 1.28. The molecule has 2 aliphatic carbocycles. The Morgan fingerprint density at radius 2 is 2.16 bits per heavy atom. The van der Waals surface area contributed by atoms with Crippen LogP contribution in [0.3, 0.4) is 0 Å². The number of allylic oxidation sites excluding steroid dienone is 2. The van der Waals surface area contributed by atoms with E-state index in [1.165, 1.54) is 12.3 Å². The molecule has 4 aromatic rings. The van der Waals surface area contributed by atoms with E-state index in [1.807, 2.05) is 10.6 Å². The SMILES string of the molecule is CCOC(=O)c1c[n+](C2CC2)c2c(cc(F)c3[nH]c4c5c(nc4nc32)=C(Cl)C=CC5)c1=O. The first-order valence-electron chi connectivity index (χ1n) is 10.4. The quantitative estimate of drug-likeness (QED) is 0.294. The van der Waals surface area contributed by atoms with Gasteiger partial charge in [0.05, 0.1) is 22.5 Å². The van der Waals surface area contributed by atoms with Gasteiger partial charge in [-0.05, 0) is 25.5 Å². The van der Waals surface area contributed by atoms with Crippen molar-refractivity contribution in [2.45, 2.75) is 32.2 Å². The number of fused-ring (bicyclic) bond motifs is 6. The zero-order valence-corrected chi connectivity index (χ0v) is 17.8. The van der Waals surface area contributed by atoms with Gasteiger partial charge in [-0.25, -0.2) is 19.2 Å². The number of carbonyl (C=O) groups excluding carboxylic acids is 1. The molecule has 9 heteroatoms. The maximum Gasteiger partial charge on any atom is 0.348 e. The maximum absolute atomic E-state index is 15.3. The first-order chi connectivity index (χ1) is 15.5. The molecule has 0 aliphatic heterocycles. The number of hydrogen-bond donors (Lipinski definition) is 1. The van der Waals surface area contributed by atoms with Gasteiger partial charge in [-0.15, -0.1) is 0 Å². The third-order valence-electron chi connectivity index (χ3n) is 5.99. The third-order valence-corrected chi connectivity index (χ3v) is 6.29. The van der Waals surface area contributed by atoms with Crippen LogP contribution in [-0.2, 0) is 11.2 Å². The number of benzene rings is 1. The van der Waals surface area contributed by atoms with Gasteiger partial charge in [0, 0.05) is 18.4 Å². The highest BCUT2D eigenvalue weighted by atomic mass is 35.5. The van der Waals surface area contributed by atoms with Gasteiger partial charge in [0.25, 0.3) is 0 Å². The number of carbonyl (C=O) groups is 1. The van der Waals surface area contributed by atoms with E-state index in [0.29, 0.717) is 39.0 Å². The number of aromatic amines is 1. The van der Waals surface area contributed by atoms with Crippen LogP contribution >= 0.6 is 11.6 Å². The summed E-state index contributed by atoms with van der Waals surface area (Å²) in [6.45, 7) is 1.81. The molecule has 1 N–H and O–H groups in total. The Hall–Kier alpha value is -3.39. The molecule has 3 heterocycles. The van der Waals surface area contributed by atoms with Gasteiger partial charge in [0.2, 0.25) is 10.9 Å². The van der Waals surface area contributed by atoms with Crippen LogP contribution in [0.2, 0.25) is 0 Å². The van der Waals surface area contributed by atoms with Gasteiger partial charge in [-0.3, -0.25) is 4.79 Å². The van der Waals surface area contributed by atoms with Crippen LogP contribution in [0.4, 0.5) is 4.39 Å². The molecule has 32 heavy (non-hydrogen) atoms. The Morgan fingerprint density at radius 3 is 2.91 bits per heavy atom. The third kappa shape index (κ3) is 2.69. The van der Waals surface area contributed by atoms with Crippen molar-refractivity contribution in [1.29, 1.82) is 0 Å². The summed E-state index contributed by atoms with van der Waals surface area (Å²) in [4.78, 5) is 37.9. The van der Waals surface area contributed by atoms with Crippen molar-refractivity contribution in [3.8, 4) is 0 Å². The predicted molar refractivity (Wildman–Crippen MR) is 117 cm³/mol. The van der Waals surface area contributed by atoms with Crippen LogP contribution in [0.15, 0.2) is 29.2 Å². The number of esters is 1. The molecule has 0 bridgehead atoms. The lowest BCUT2D eigenvalue weighted by atomic mass is 10.1. The lowest BCUT2D eigenvalue weighted by Crippen LogP contribution is -2.38. The summed E-state index contributed by atoms with van der Waals surface area (Å²) in [5.41, 5.74) is 2.16. The Bertz CT molecular complexity index is 1640. The van der Waals surface area contributed by atoms with Crippen LogP contribution in [0.1, 0.15) is 41.7 Å². The maximum atomic E-state index is 15.3. The topological polar surface area (TPSA) is 88.8 Å². The lowest BCUT2D eigenvalue weighted by Gasteiger charge is -2.08. The van der Waals surface area contributed by atoms with Gasteiger partial charge in [0.15, 0.2) is 29.0 Å². The van der Waals surface area contributed by atoms with E-state index in [2.05, 4.69) is 15.0 Å². The fourth-order valence-electron chi connectivity index (χ4n) is 4.37. The molecule has 1 saturated carbocycles. The summed E-state index contributed by atoms with van der Waals surface area (Å²) in [5, 5.41) is 1.22. The van der Waals surface area contributed by atoms with E-state index < -0.39 is 17.2 Å². The molecule has 7 nitrogen and oxygen atoms in total. The Morgan fingerprint density at radius 1 is 1.34 bits per heavy atom. The summed E-state index contributed by atoms with van der Waals surface area (Å²) in [7, 11) is 0. The van der Waals surface area contributed by atoms with Crippen LogP contribution in [0, 0.1) is 5.82 Å². The molecule has 0 atom stereocenters. The number of rotatable bonds is 3. The zero-order chi connectivity index (χ0) is 22.1. The summed E-state index contributed by atoms with van der Waals surface area (Å²) >= 11 is 6.31. The minimum Gasteiger partial charge on any atom is -0.462 e. The molecule has 0 spiro atoms. The molecule has 160 valence electrons. The number of halogens is 2. The van der Waals surface area contributed by atoms with Crippen LogP contribution in [0.25, 0.3) is 38.1 Å². The van der Waals surface area contributed by atoms with Gasteiger partial charge < -0.3 is 9.72 Å². The van der Waals surface area contributed by atoms with Gasteiger partial charge in [-0.1, -0.05) is 17.7 Å². The Kier molecular flexibility index (Phi) is 4.10. The molecule has 2 aliphatic rings. The fraction of sp³-hybridized carbons (Fsp3) is 0.261. The average Bonchev–Trinajstić information content (AvgIpc) is 3.55. The van der Waals surface area contributed by atoms with Gasteiger partial charge in [0.1, 0.15) is 16.7 Å². The van der Waals surface area contributed by atoms with Crippen molar-refractivity contribution < 1.29 is 18.5 Å². The molecule has 0 saturated heterocycles. The van der Waals surface area contributed by atoms with Crippen LogP contribution < -0.4 is 15.3 Å². The number of nitrogens with zero attached hydrogens (tertiary/aromatic N) is 3. The second-order valence-corrected chi connectivity index (χ2v) is 8.44. The highest BCUT2D eigenvalue weighted by Gasteiger charge is 2.37. The largest absolute Gasteiger partial charge is 0.462 e. The highest BCUT2D eigenvalue weighted by Crippen LogP contribution is 2.33. The zero-order valence-electron chi connectivity index (χ0n) is 17.0. The van der Waals surface area contributed by atoms with Crippen molar-refractivity contribution in [1.82, 2.24) is 15.0 Å². The van der Waals surface area contributed by atoms with E-state index in [9.17, 15) is 9.59 Å². The smallest absolute Gasteiger partial charge is 0.348 e. The van der Waals surface area contributed by atoms with E-state index in [-0.39, 0.29) is 29.1 Å². The van der Waals surface area contributed by atoms with E-state index in [1.54, 1.807) is 13.0 Å². The monoisotopic (exact) mass is 451 g/mol. The first-order valence-corrected chi connectivity index (χ1v) is 10.8. The van der Waals surface area contributed by atoms with Crippen molar-refractivity contribution in [2.75, 3.05) is 6.61 Å². The molecular formula is C23H17ClFN4O3+. The second-order valence-electron chi connectivity index (χ2n) is 8.04. The molecule has 0 unspecified atom stereocenters. The van der Waals surface area contributed by atoms with Gasteiger partial charge in [-0.2, -0.15) is 4.57 Å². The van der Waals surface area contributed by atoms with Crippen molar-refractivity contribution in [3.05, 3.63) is 56.9 Å². The highest BCUT2D eigenvalue weighted by molar-refractivity contribution is 6.47. The van der Waals surface area contributed by atoms with E-state index >= 15 is 4.39 Å². The molecule has 1 aromatic carbocycles. The predicted octanol–water partition coefficient (Wildman–Crippen LogP) is 2.74. The minimum absolute atomic E-state index is 0.0929. The number of nitrogens with one attached hydrogen (secondary N) is 1. The Balaban J connectivity index is 1.75. The molecule has 6 rings (SSSR count). The summed E-state index contributed by atoms with van der Waals surface area (Å²) < 4.78 is 22.2. The van der Waals surface area contributed by atoms with Crippen molar-refractivity contribution in [2.24, 2.45) is 0 Å². The van der Waals surface area contributed by atoms with Crippen LogP contribution in [-0.4, -0.2) is 27.5 Å². The number of hydrogen-bond acceptors (Lipinski definition) is 5. The second kappa shape index (κ2) is 6.80. The first kappa shape index (κ1) is 19.3. The molecule has 1 fully saturated rings. The Labute approximate surface area is 185 Å². The number of H-pyrrole nitrogens is 1. The lowest BCUT2D eigenvalue weighted by molar-refractivity contribution is -0.674. The minimum atomic E-state index is -0.715. The summed E-state index contributed by atoms with van der Waals surface area (Å²) in [6.07, 6.45) is 7.61. The molecule has 3 aromatic heterocycles. The number of ether oxygens (including phenoxy) is 1. The number of pyridine rings is 1. The van der Waals surface area contributed by atoms with Gasteiger partial charge >= 0.3 is 5.97 Å². The average molecular weight is 452 g/mol. The molecular weight excluding hydrogens is 435 g/mol. The molecule has 0 amide bonds. The van der Waals surface area contributed by atoms with Crippen molar-refractivity contribution >= 4 is 55.7 Å². The van der Waals surface area contributed by atoms with E-state index in [4.69, 9.17) is 16.3 Å². The fourth-order valence-corrected chi connectivity index (χ4v) is 4.62. The van der Waals surface area contributed by atoms with E-state index in [0.717, 1.165) is 18.4 Å².